The van der Waals surface area contributed by atoms with Gasteiger partial charge >= 0.3 is 0 Å². The number of benzene rings is 1. The van der Waals surface area contributed by atoms with E-state index in [1.165, 1.54) is 0 Å². The summed E-state index contributed by atoms with van der Waals surface area (Å²) in [5, 5.41) is 3.99. The van der Waals surface area contributed by atoms with Crippen molar-refractivity contribution in [2.75, 3.05) is 5.32 Å². The van der Waals surface area contributed by atoms with Gasteiger partial charge in [-0.3, -0.25) is 9.78 Å². The van der Waals surface area contributed by atoms with E-state index in [2.05, 4.69) is 15.0 Å². The van der Waals surface area contributed by atoms with Crippen LogP contribution in [0.4, 0.5) is 5.69 Å². The summed E-state index contributed by atoms with van der Waals surface area (Å²) in [5.41, 5.74) is 2.63. The maximum absolute atomic E-state index is 12.6. The summed E-state index contributed by atoms with van der Waals surface area (Å²) in [7, 11) is -3.36. The average molecular weight is 404 g/mol. The number of anilines is 1. The fraction of sp³-hybridized carbons (Fsp3) is 0.524. The third-order valence-electron chi connectivity index (χ3n) is 5.32. The van der Waals surface area contributed by atoms with Crippen molar-refractivity contribution in [3.8, 4) is 0 Å². The second-order valence-corrected chi connectivity index (χ2v) is 11.1. The summed E-state index contributed by atoms with van der Waals surface area (Å²) in [6, 6.07) is 9.57. The number of rotatable bonds is 4. The van der Waals surface area contributed by atoms with Crippen LogP contribution in [0.5, 0.6) is 0 Å². The number of aryl methyl sites for hydroxylation is 1. The number of hydrogen-bond donors (Lipinski definition) is 2. The molecule has 0 atom stereocenters. The molecule has 1 aliphatic rings. The smallest absolute Gasteiger partial charge is 0.227 e. The Morgan fingerprint density at radius 3 is 2.39 bits per heavy atom. The van der Waals surface area contributed by atoms with Crippen molar-refractivity contribution in [1.29, 1.82) is 0 Å². The number of carbonyl (C=O) groups is 1. The molecular weight excluding hydrogens is 374 g/mol. The Morgan fingerprint density at radius 2 is 1.75 bits per heavy atom. The van der Waals surface area contributed by atoms with Crippen molar-refractivity contribution >= 4 is 32.5 Å². The van der Waals surface area contributed by atoms with E-state index in [4.69, 9.17) is 0 Å². The first-order chi connectivity index (χ1) is 13.0. The van der Waals surface area contributed by atoms with E-state index in [0.717, 1.165) is 22.3 Å². The molecule has 3 rings (SSSR count). The number of hydrogen-bond acceptors (Lipinski definition) is 4. The van der Waals surface area contributed by atoms with Crippen molar-refractivity contribution in [2.45, 2.75) is 64.2 Å². The quantitative estimate of drug-likeness (QED) is 0.814. The van der Waals surface area contributed by atoms with Gasteiger partial charge in [-0.15, -0.1) is 0 Å². The number of pyridine rings is 1. The molecule has 2 aromatic rings. The second kappa shape index (κ2) is 7.79. The average Bonchev–Trinajstić information content (AvgIpc) is 2.61. The normalized spacial score (nSPS) is 20.9. The lowest BCUT2D eigenvalue weighted by molar-refractivity contribution is -0.120. The van der Waals surface area contributed by atoms with E-state index < -0.39 is 14.8 Å². The van der Waals surface area contributed by atoms with Gasteiger partial charge in [0.05, 0.1) is 10.3 Å². The predicted octanol–water partition coefficient (Wildman–Crippen LogP) is 3.76. The molecule has 1 fully saturated rings. The number of nitrogens with one attached hydrogen (secondary N) is 2. The van der Waals surface area contributed by atoms with Crippen LogP contribution in [0.15, 0.2) is 30.3 Å². The Labute approximate surface area is 167 Å². The largest absolute Gasteiger partial charge is 0.326 e. The Balaban J connectivity index is 1.58. The highest BCUT2D eigenvalue weighted by molar-refractivity contribution is 7.90. The Bertz CT molecular complexity index is 972. The highest BCUT2D eigenvalue weighted by atomic mass is 32.2. The van der Waals surface area contributed by atoms with Gasteiger partial charge in [0.2, 0.25) is 15.9 Å². The predicted molar refractivity (Wildman–Crippen MR) is 113 cm³/mol. The molecule has 28 heavy (non-hydrogen) atoms. The van der Waals surface area contributed by atoms with Crippen LogP contribution in [0.25, 0.3) is 10.9 Å². The summed E-state index contributed by atoms with van der Waals surface area (Å²) < 4.78 is 26.6. The van der Waals surface area contributed by atoms with Crippen molar-refractivity contribution in [2.24, 2.45) is 5.92 Å². The highest BCUT2D eigenvalue weighted by Crippen LogP contribution is 2.28. The van der Waals surface area contributed by atoms with E-state index in [-0.39, 0.29) is 17.9 Å². The Morgan fingerprint density at radius 1 is 1.07 bits per heavy atom. The second-order valence-electron chi connectivity index (χ2n) is 8.63. The minimum Gasteiger partial charge on any atom is -0.326 e. The summed E-state index contributed by atoms with van der Waals surface area (Å²) in [6.07, 6.45) is 2.71. The number of carbonyl (C=O) groups excluding carboxylic acids is 1. The third-order valence-corrected chi connectivity index (χ3v) is 7.58. The molecule has 0 aliphatic heterocycles. The van der Waals surface area contributed by atoms with Gasteiger partial charge in [0, 0.05) is 28.7 Å². The molecule has 7 heteroatoms. The Kier molecular flexibility index (Phi) is 5.77. The van der Waals surface area contributed by atoms with Gasteiger partial charge in [0.1, 0.15) is 0 Å². The summed E-state index contributed by atoms with van der Waals surface area (Å²) in [6.45, 7) is 7.02. The lowest BCUT2D eigenvalue weighted by Crippen LogP contribution is -2.46. The molecule has 1 saturated carbocycles. The molecule has 1 aromatic heterocycles. The van der Waals surface area contributed by atoms with Gasteiger partial charge in [0.15, 0.2) is 0 Å². The van der Waals surface area contributed by atoms with Crippen LogP contribution in [0.2, 0.25) is 0 Å². The number of nitrogens with zero attached hydrogens (tertiary/aromatic N) is 1. The fourth-order valence-electron chi connectivity index (χ4n) is 3.42. The van der Waals surface area contributed by atoms with Crippen LogP contribution in [0, 0.1) is 12.8 Å². The first-order valence-corrected chi connectivity index (χ1v) is 11.2. The van der Waals surface area contributed by atoms with Gasteiger partial charge < -0.3 is 5.32 Å². The lowest BCUT2D eigenvalue weighted by atomic mass is 9.86. The van der Waals surface area contributed by atoms with Crippen LogP contribution in [-0.4, -0.2) is 30.1 Å². The van der Waals surface area contributed by atoms with Gasteiger partial charge in [-0.25, -0.2) is 13.1 Å². The standard InChI is InChI=1S/C21H29N3O3S/c1-14-5-6-16-13-18(11-12-19(16)22-14)23-20(25)15-7-9-17(10-8-15)24-28(26,27)21(2,3)4/h5-6,11-13,15,17,24H,7-10H2,1-4H3,(H,23,25). The zero-order chi connectivity index (χ0) is 20.5. The molecule has 2 N–H and O–H groups in total. The van der Waals surface area contributed by atoms with Crippen LogP contribution in [0.3, 0.4) is 0 Å². The van der Waals surface area contributed by atoms with Crippen LogP contribution >= 0.6 is 0 Å². The van der Waals surface area contributed by atoms with Gasteiger partial charge in [0.25, 0.3) is 0 Å². The molecule has 0 spiro atoms. The number of sulfonamides is 1. The summed E-state index contributed by atoms with van der Waals surface area (Å²) in [4.78, 5) is 17.1. The van der Waals surface area contributed by atoms with E-state index in [1.807, 2.05) is 37.3 Å². The van der Waals surface area contributed by atoms with E-state index >= 15 is 0 Å². The molecule has 0 unspecified atom stereocenters. The molecule has 1 aromatic carbocycles. The maximum atomic E-state index is 12.6. The zero-order valence-corrected chi connectivity index (χ0v) is 17.8. The topological polar surface area (TPSA) is 88.2 Å². The number of amides is 1. The lowest BCUT2D eigenvalue weighted by Gasteiger charge is -2.30. The highest BCUT2D eigenvalue weighted by Gasteiger charge is 2.34. The van der Waals surface area contributed by atoms with Crippen molar-refractivity contribution in [1.82, 2.24) is 9.71 Å². The minimum absolute atomic E-state index is 0.00320. The maximum Gasteiger partial charge on any atom is 0.227 e. The number of fused-ring (bicyclic) bond motifs is 1. The van der Waals surface area contributed by atoms with E-state index in [1.54, 1.807) is 20.8 Å². The van der Waals surface area contributed by atoms with Crippen molar-refractivity contribution in [3.63, 3.8) is 0 Å². The van der Waals surface area contributed by atoms with Gasteiger partial charge in [-0.2, -0.15) is 0 Å². The molecule has 1 heterocycles. The van der Waals surface area contributed by atoms with Crippen LogP contribution < -0.4 is 10.0 Å². The van der Waals surface area contributed by atoms with E-state index in [0.29, 0.717) is 25.7 Å². The molecule has 6 nitrogen and oxygen atoms in total. The van der Waals surface area contributed by atoms with E-state index in [9.17, 15) is 13.2 Å². The van der Waals surface area contributed by atoms with Crippen LogP contribution in [-0.2, 0) is 14.8 Å². The SMILES string of the molecule is Cc1ccc2cc(NC(=O)C3CCC(NS(=O)(=O)C(C)(C)C)CC3)ccc2n1. The molecule has 0 radical (unpaired) electrons. The summed E-state index contributed by atoms with van der Waals surface area (Å²) in [5.74, 6) is -0.0984. The first-order valence-electron chi connectivity index (χ1n) is 9.75. The molecule has 0 saturated heterocycles. The van der Waals surface area contributed by atoms with Crippen molar-refractivity contribution in [3.05, 3.63) is 36.0 Å². The molecule has 1 aliphatic carbocycles. The summed E-state index contributed by atoms with van der Waals surface area (Å²) >= 11 is 0. The first kappa shape index (κ1) is 20.7. The van der Waals surface area contributed by atoms with Gasteiger partial charge in [-0.05, 0) is 77.6 Å². The fourth-order valence-corrected chi connectivity index (χ4v) is 4.45. The molecular formula is C21H29N3O3S. The zero-order valence-electron chi connectivity index (χ0n) is 17.0. The Hall–Kier alpha value is -1.99. The number of aromatic nitrogens is 1. The molecule has 152 valence electrons. The van der Waals surface area contributed by atoms with Gasteiger partial charge in [-0.1, -0.05) is 6.07 Å². The monoisotopic (exact) mass is 403 g/mol. The van der Waals surface area contributed by atoms with Crippen LogP contribution in [0.1, 0.15) is 52.1 Å². The molecule has 1 amide bonds. The minimum atomic E-state index is -3.36. The third kappa shape index (κ3) is 4.70. The van der Waals surface area contributed by atoms with Crippen molar-refractivity contribution < 1.29 is 13.2 Å². The molecule has 0 bridgehead atoms.